The Balaban J connectivity index is 2.56. The van der Waals surface area contributed by atoms with Crippen LogP contribution in [0.15, 0.2) is 30.3 Å². The van der Waals surface area contributed by atoms with E-state index in [1.54, 1.807) is 0 Å². The second-order valence-electron chi connectivity index (χ2n) is 6.18. The highest BCUT2D eigenvalue weighted by atomic mass is 16.2. The molecule has 0 saturated heterocycles. The third kappa shape index (κ3) is 2.81. The highest BCUT2D eigenvalue weighted by Crippen LogP contribution is 2.40. The molecule has 1 aliphatic rings. The average molecular weight is 287 g/mol. The number of hydrogen-bond donors (Lipinski definition) is 2. The molecule has 0 bridgehead atoms. The van der Waals surface area contributed by atoms with Gasteiger partial charge in [-0.05, 0) is 38.8 Å². The molecule has 4 heteroatoms. The number of amides is 1. The zero-order chi connectivity index (χ0) is 15.6. The lowest BCUT2D eigenvalue weighted by Gasteiger charge is -2.47. The summed E-state index contributed by atoms with van der Waals surface area (Å²) in [4.78, 5) is 14.5. The van der Waals surface area contributed by atoms with E-state index < -0.39 is 0 Å². The van der Waals surface area contributed by atoms with Gasteiger partial charge in [0.05, 0.1) is 5.54 Å². The van der Waals surface area contributed by atoms with Gasteiger partial charge in [0.15, 0.2) is 0 Å². The van der Waals surface area contributed by atoms with Gasteiger partial charge >= 0.3 is 0 Å². The van der Waals surface area contributed by atoms with Gasteiger partial charge in [-0.15, -0.1) is 0 Å². The van der Waals surface area contributed by atoms with Crippen LogP contribution in [0, 0.1) is 0 Å². The number of rotatable bonds is 4. The fourth-order valence-corrected chi connectivity index (χ4v) is 3.32. The summed E-state index contributed by atoms with van der Waals surface area (Å²) in [6.07, 6.45) is 3.92. The van der Waals surface area contributed by atoms with Crippen LogP contribution in [-0.4, -0.2) is 17.5 Å². The fourth-order valence-electron chi connectivity index (χ4n) is 3.32. The number of allylic oxidation sites excluding steroid dienone is 1. The highest BCUT2D eigenvalue weighted by Gasteiger charge is 2.38. The normalized spacial score (nSPS) is 17.8. The van der Waals surface area contributed by atoms with Crippen LogP contribution in [0.4, 0.5) is 5.69 Å². The molecular weight excluding hydrogens is 262 g/mol. The molecule has 1 aromatic rings. The van der Waals surface area contributed by atoms with Crippen LogP contribution in [0.5, 0.6) is 0 Å². The zero-order valence-electron chi connectivity index (χ0n) is 13.3. The summed E-state index contributed by atoms with van der Waals surface area (Å²) in [6, 6.07) is 7.97. The Morgan fingerprint density at radius 2 is 2.05 bits per heavy atom. The number of anilines is 1. The molecule has 3 N–H and O–H groups in total. The van der Waals surface area contributed by atoms with Crippen LogP contribution < -0.4 is 16.2 Å². The molecule has 0 unspecified atom stereocenters. The first kappa shape index (κ1) is 15.6. The lowest BCUT2D eigenvalue weighted by atomic mass is 9.86. The van der Waals surface area contributed by atoms with Crippen LogP contribution in [0.25, 0.3) is 5.57 Å². The molecule has 0 radical (unpaired) electrons. The van der Waals surface area contributed by atoms with Gasteiger partial charge in [0.25, 0.3) is 5.91 Å². The molecule has 1 heterocycles. The van der Waals surface area contributed by atoms with E-state index in [9.17, 15) is 4.79 Å². The van der Waals surface area contributed by atoms with Crippen molar-refractivity contribution in [1.29, 1.82) is 0 Å². The number of nitrogens with one attached hydrogen (secondary N) is 1. The summed E-state index contributed by atoms with van der Waals surface area (Å²) in [6.45, 7) is 8.48. The molecule has 1 atom stereocenters. The van der Waals surface area contributed by atoms with E-state index in [-0.39, 0.29) is 17.5 Å². The van der Waals surface area contributed by atoms with Gasteiger partial charge in [-0.1, -0.05) is 37.6 Å². The van der Waals surface area contributed by atoms with E-state index in [0.29, 0.717) is 0 Å². The summed E-state index contributed by atoms with van der Waals surface area (Å²) < 4.78 is 0. The molecule has 0 spiro atoms. The molecule has 0 aliphatic carbocycles. The molecule has 1 aromatic carbocycles. The van der Waals surface area contributed by atoms with E-state index in [4.69, 9.17) is 5.84 Å². The second kappa shape index (κ2) is 5.90. The van der Waals surface area contributed by atoms with Gasteiger partial charge in [-0.25, -0.2) is 5.84 Å². The number of nitrogens with two attached hydrogens (primary N) is 1. The summed E-state index contributed by atoms with van der Waals surface area (Å²) in [5.41, 5.74) is 5.62. The number of para-hydroxylation sites is 1. The first-order valence-corrected chi connectivity index (χ1v) is 7.51. The largest absolute Gasteiger partial charge is 0.350 e. The number of carbonyl (C=O) groups excluding carboxylic acids is 1. The Morgan fingerprint density at radius 1 is 1.38 bits per heavy atom. The van der Waals surface area contributed by atoms with E-state index in [1.807, 2.05) is 12.1 Å². The zero-order valence-corrected chi connectivity index (χ0v) is 13.3. The van der Waals surface area contributed by atoms with E-state index in [1.165, 1.54) is 11.1 Å². The Labute approximate surface area is 127 Å². The molecule has 0 saturated carbocycles. The maximum absolute atomic E-state index is 12.3. The minimum absolute atomic E-state index is 0.132. The van der Waals surface area contributed by atoms with Crippen molar-refractivity contribution in [2.75, 3.05) is 4.90 Å². The van der Waals surface area contributed by atoms with Gasteiger partial charge in [0.1, 0.15) is 6.04 Å². The molecular formula is C17H25N3O. The third-order valence-electron chi connectivity index (χ3n) is 4.10. The number of benzene rings is 1. The molecule has 114 valence electrons. The Hall–Kier alpha value is -1.81. The summed E-state index contributed by atoms with van der Waals surface area (Å²) in [5, 5.41) is 0. The molecule has 0 fully saturated rings. The molecule has 2 rings (SSSR count). The van der Waals surface area contributed by atoms with Crippen LogP contribution in [0.1, 0.15) is 46.1 Å². The van der Waals surface area contributed by atoms with Crippen LogP contribution in [0.3, 0.4) is 0 Å². The third-order valence-corrected chi connectivity index (χ3v) is 4.10. The lowest BCUT2D eigenvalue weighted by molar-refractivity contribution is -0.122. The van der Waals surface area contributed by atoms with Gasteiger partial charge in [0, 0.05) is 11.3 Å². The first-order valence-electron chi connectivity index (χ1n) is 7.51. The minimum Gasteiger partial charge on any atom is -0.350 e. The van der Waals surface area contributed by atoms with Crippen LogP contribution >= 0.6 is 0 Å². The number of hydrogen-bond acceptors (Lipinski definition) is 3. The highest BCUT2D eigenvalue weighted by molar-refractivity contribution is 5.89. The van der Waals surface area contributed by atoms with Crippen molar-refractivity contribution in [1.82, 2.24) is 5.43 Å². The fraction of sp³-hybridized carbons (Fsp3) is 0.471. The van der Waals surface area contributed by atoms with Crippen LogP contribution in [0.2, 0.25) is 0 Å². The predicted molar refractivity (Wildman–Crippen MR) is 87.7 cm³/mol. The van der Waals surface area contributed by atoms with Crippen molar-refractivity contribution >= 4 is 17.2 Å². The SMILES string of the molecule is CCC[C@H](C(=O)NN)N1c2ccccc2C(C)=CC1(C)C. The maximum atomic E-state index is 12.3. The molecule has 1 aliphatic heterocycles. The molecule has 21 heavy (non-hydrogen) atoms. The van der Waals surface area contributed by atoms with Gasteiger partial charge < -0.3 is 4.90 Å². The second-order valence-corrected chi connectivity index (χ2v) is 6.18. The number of fused-ring (bicyclic) bond motifs is 1. The Morgan fingerprint density at radius 3 is 2.67 bits per heavy atom. The standard InChI is InChI=1S/C17H25N3O/c1-5-8-15(16(21)19-18)20-14-10-7-6-9-13(14)12(2)11-17(20,3)4/h6-7,9-11,15H,5,8,18H2,1-4H3,(H,19,21)/t15-/m1/s1. The summed E-state index contributed by atoms with van der Waals surface area (Å²) in [7, 11) is 0. The van der Waals surface area contributed by atoms with Crippen molar-refractivity contribution in [3.63, 3.8) is 0 Å². The number of hydrazine groups is 1. The van der Waals surface area contributed by atoms with E-state index >= 15 is 0 Å². The van der Waals surface area contributed by atoms with Crippen molar-refractivity contribution in [3.8, 4) is 0 Å². The average Bonchev–Trinajstić information content (AvgIpc) is 2.44. The van der Waals surface area contributed by atoms with Gasteiger partial charge in [-0.3, -0.25) is 10.2 Å². The number of carbonyl (C=O) groups is 1. The maximum Gasteiger partial charge on any atom is 0.256 e. The Bertz CT molecular complexity index is 563. The van der Waals surface area contributed by atoms with Crippen molar-refractivity contribution < 1.29 is 4.79 Å². The molecule has 0 aromatic heterocycles. The summed E-state index contributed by atoms with van der Waals surface area (Å²) in [5.74, 6) is 5.27. The summed E-state index contributed by atoms with van der Waals surface area (Å²) >= 11 is 0. The predicted octanol–water partition coefficient (Wildman–Crippen LogP) is 2.85. The minimum atomic E-state index is -0.263. The van der Waals surface area contributed by atoms with Crippen LogP contribution in [-0.2, 0) is 4.79 Å². The first-order chi connectivity index (χ1) is 9.92. The number of nitrogens with zero attached hydrogens (tertiary/aromatic N) is 1. The van der Waals surface area contributed by atoms with Crippen molar-refractivity contribution in [2.45, 2.75) is 52.1 Å². The van der Waals surface area contributed by atoms with E-state index in [0.717, 1.165) is 18.5 Å². The monoisotopic (exact) mass is 287 g/mol. The quantitative estimate of drug-likeness (QED) is 0.508. The van der Waals surface area contributed by atoms with Crippen molar-refractivity contribution in [3.05, 3.63) is 35.9 Å². The van der Waals surface area contributed by atoms with Gasteiger partial charge in [0.2, 0.25) is 0 Å². The molecule has 4 nitrogen and oxygen atoms in total. The van der Waals surface area contributed by atoms with Crippen molar-refractivity contribution in [2.24, 2.45) is 5.84 Å². The topological polar surface area (TPSA) is 58.4 Å². The van der Waals surface area contributed by atoms with E-state index in [2.05, 4.69) is 56.2 Å². The lowest BCUT2D eigenvalue weighted by Crippen LogP contribution is -2.57. The Kier molecular flexibility index (Phi) is 4.37. The smallest absolute Gasteiger partial charge is 0.256 e. The van der Waals surface area contributed by atoms with Gasteiger partial charge in [-0.2, -0.15) is 0 Å². The molecule has 1 amide bonds.